The number of aliphatic imine (C=N–C) groups is 1. The van der Waals surface area contributed by atoms with Crippen molar-refractivity contribution in [2.75, 3.05) is 7.11 Å². The van der Waals surface area contributed by atoms with Crippen LogP contribution in [0.3, 0.4) is 0 Å². The summed E-state index contributed by atoms with van der Waals surface area (Å²) in [6.07, 6.45) is 1.49. The number of aryl methyl sites for hydroxylation is 2. The third kappa shape index (κ3) is 4.31. The van der Waals surface area contributed by atoms with Gasteiger partial charge in [0, 0.05) is 5.56 Å². The number of halogens is 2. The second-order valence-corrected chi connectivity index (χ2v) is 6.00. The van der Waals surface area contributed by atoms with Crippen LogP contribution in [0.2, 0.25) is 0 Å². The van der Waals surface area contributed by atoms with Gasteiger partial charge in [-0.2, -0.15) is 8.78 Å². The lowest BCUT2D eigenvalue weighted by Crippen LogP contribution is -2.06. The molecule has 0 radical (unpaired) electrons. The average molecular weight is 373 g/mol. The van der Waals surface area contributed by atoms with Gasteiger partial charge < -0.3 is 14.2 Å². The molecule has 0 atom stereocenters. The van der Waals surface area contributed by atoms with E-state index in [1.165, 1.54) is 31.4 Å². The molecule has 1 heterocycles. The number of alkyl halides is 2. The van der Waals surface area contributed by atoms with Crippen molar-refractivity contribution >= 4 is 17.9 Å². The first kappa shape index (κ1) is 18.6. The van der Waals surface area contributed by atoms with E-state index in [4.69, 9.17) is 9.47 Å². The van der Waals surface area contributed by atoms with Gasteiger partial charge in [0.2, 0.25) is 5.90 Å². The fourth-order valence-corrected chi connectivity index (χ4v) is 2.76. The highest BCUT2D eigenvalue weighted by atomic mass is 19.3. The molecule has 0 aliphatic carbocycles. The highest BCUT2D eigenvalue weighted by Crippen LogP contribution is 2.31. The standard InChI is InChI=1S/C20H17F2NO4/c1-11-6-12(2)8-14(7-11)18-23-15(19(24)27-18)9-13-4-5-16(26-20(21)22)17(10-13)25-3/h4-10,20H,1-3H3/b15-9-. The highest BCUT2D eigenvalue weighted by molar-refractivity contribution is 6.13. The molecular formula is C20H17F2NO4. The van der Waals surface area contributed by atoms with Crippen LogP contribution < -0.4 is 9.47 Å². The molecule has 0 N–H and O–H groups in total. The van der Waals surface area contributed by atoms with Gasteiger partial charge >= 0.3 is 12.6 Å². The van der Waals surface area contributed by atoms with E-state index < -0.39 is 12.6 Å². The van der Waals surface area contributed by atoms with Crippen LogP contribution in [-0.2, 0) is 9.53 Å². The van der Waals surface area contributed by atoms with Crippen molar-refractivity contribution in [3.8, 4) is 11.5 Å². The number of esters is 1. The number of hydrogen-bond acceptors (Lipinski definition) is 5. The van der Waals surface area contributed by atoms with Crippen LogP contribution in [0.5, 0.6) is 11.5 Å². The molecule has 0 bridgehead atoms. The molecule has 1 aliphatic heterocycles. The average Bonchev–Trinajstić information content (AvgIpc) is 2.95. The Morgan fingerprint density at radius 2 is 1.78 bits per heavy atom. The Kier molecular flexibility index (Phi) is 5.21. The molecule has 0 fully saturated rings. The Bertz CT molecular complexity index is 931. The number of rotatable bonds is 5. The molecule has 0 saturated heterocycles. The van der Waals surface area contributed by atoms with E-state index >= 15 is 0 Å². The third-order valence-electron chi connectivity index (χ3n) is 3.80. The summed E-state index contributed by atoms with van der Waals surface area (Å²) in [6, 6.07) is 10.1. The van der Waals surface area contributed by atoms with Crippen LogP contribution in [0.25, 0.3) is 6.08 Å². The molecular weight excluding hydrogens is 356 g/mol. The van der Waals surface area contributed by atoms with Gasteiger partial charge in [-0.3, -0.25) is 0 Å². The van der Waals surface area contributed by atoms with Crippen molar-refractivity contribution in [2.24, 2.45) is 4.99 Å². The minimum atomic E-state index is -2.96. The van der Waals surface area contributed by atoms with Gasteiger partial charge in [0.1, 0.15) is 0 Å². The second kappa shape index (κ2) is 7.57. The SMILES string of the molecule is COc1cc(/C=C2\N=C(c3cc(C)cc(C)c3)OC2=O)ccc1OC(F)F. The molecule has 2 aromatic carbocycles. The molecule has 140 valence electrons. The monoisotopic (exact) mass is 373 g/mol. The van der Waals surface area contributed by atoms with Gasteiger partial charge in [-0.25, -0.2) is 9.79 Å². The fraction of sp³-hybridized carbons (Fsp3) is 0.200. The van der Waals surface area contributed by atoms with E-state index in [1.54, 1.807) is 0 Å². The van der Waals surface area contributed by atoms with Crippen LogP contribution in [0.1, 0.15) is 22.3 Å². The van der Waals surface area contributed by atoms with Gasteiger partial charge in [0.15, 0.2) is 17.2 Å². The summed E-state index contributed by atoms with van der Waals surface area (Å²) in [7, 11) is 1.34. The first-order valence-electron chi connectivity index (χ1n) is 8.10. The van der Waals surface area contributed by atoms with E-state index in [1.807, 2.05) is 32.0 Å². The number of methoxy groups -OCH3 is 1. The first-order chi connectivity index (χ1) is 12.9. The number of benzene rings is 2. The minimum absolute atomic E-state index is 0.0944. The van der Waals surface area contributed by atoms with Crippen LogP contribution in [0.15, 0.2) is 47.1 Å². The lowest BCUT2D eigenvalue weighted by atomic mass is 10.1. The molecule has 0 saturated carbocycles. The molecule has 5 nitrogen and oxygen atoms in total. The summed E-state index contributed by atoms with van der Waals surface area (Å²) in [5.41, 5.74) is 3.41. The summed E-state index contributed by atoms with van der Waals surface area (Å²) in [4.78, 5) is 16.4. The predicted octanol–water partition coefficient (Wildman–Crippen LogP) is 4.26. The van der Waals surface area contributed by atoms with Crippen LogP contribution >= 0.6 is 0 Å². The van der Waals surface area contributed by atoms with E-state index in [-0.39, 0.29) is 23.1 Å². The quantitative estimate of drug-likeness (QED) is 0.581. The van der Waals surface area contributed by atoms with Crippen molar-refractivity contribution in [3.05, 3.63) is 64.3 Å². The van der Waals surface area contributed by atoms with Crippen molar-refractivity contribution in [3.63, 3.8) is 0 Å². The predicted molar refractivity (Wildman–Crippen MR) is 96.1 cm³/mol. The van der Waals surface area contributed by atoms with Crippen LogP contribution in [0, 0.1) is 13.8 Å². The van der Waals surface area contributed by atoms with Gasteiger partial charge in [0.05, 0.1) is 7.11 Å². The van der Waals surface area contributed by atoms with E-state index in [0.717, 1.165) is 11.1 Å². The molecule has 2 aromatic rings. The molecule has 7 heteroatoms. The van der Waals surface area contributed by atoms with Crippen molar-refractivity contribution in [2.45, 2.75) is 20.5 Å². The first-order valence-corrected chi connectivity index (χ1v) is 8.10. The second-order valence-electron chi connectivity index (χ2n) is 6.00. The third-order valence-corrected chi connectivity index (χ3v) is 3.80. The minimum Gasteiger partial charge on any atom is -0.493 e. The summed E-state index contributed by atoms with van der Waals surface area (Å²) in [5, 5.41) is 0. The van der Waals surface area contributed by atoms with E-state index in [9.17, 15) is 13.6 Å². The van der Waals surface area contributed by atoms with E-state index in [2.05, 4.69) is 9.73 Å². The van der Waals surface area contributed by atoms with Gasteiger partial charge in [-0.15, -0.1) is 0 Å². The molecule has 0 aromatic heterocycles. The summed E-state index contributed by atoms with van der Waals surface area (Å²) in [6.45, 7) is 0.928. The maximum atomic E-state index is 12.4. The van der Waals surface area contributed by atoms with Crippen molar-refractivity contribution in [1.29, 1.82) is 0 Å². The maximum absolute atomic E-state index is 12.4. The zero-order valence-electron chi connectivity index (χ0n) is 15.0. The zero-order valence-corrected chi connectivity index (χ0v) is 15.0. The normalized spacial score (nSPS) is 15.1. The lowest BCUT2D eigenvalue weighted by Gasteiger charge is -2.10. The Morgan fingerprint density at radius 3 is 2.41 bits per heavy atom. The number of carbonyl (C=O) groups is 1. The van der Waals surface area contributed by atoms with Crippen LogP contribution in [0.4, 0.5) is 8.78 Å². The Balaban J connectivity index is 1.92. The fourth-order valence-electron chi connectivity index (χ4n) is 2.76. The smallest absolute Gasteiger partial charge is 0.387 e. The van der Waals surface area contributed by atoms with Gasteiger partial charge in [-0.1, -0.05) is 23.3 Å². The Hall–Kier alpha value is -3.22. The zero-order chi connectivity index (χ0) is 19.6. The Morgan fingerprint density at radius 1 is 1.07 bits per heavy atom. The lowest BCUT2D eigenvalue weighted by molar-refractivity contribution is -0.129. The molecule has 0 amide bonds. The molecule has 0 unspecified atom stereocenters. The topological polar surface area (TPSA) is 57.1 Å². The Labute approximate surface area is 154 Å². The van der Waals surface area contributed by atoms with Crippen molar-refractivity contribution in [1.82, 2.24) is 0 Å². The number of nitrogens with zero attached hydrogens (tertiary/aromatic N) is 1. The summed E-state index contributed by atoms with van der Waals surface area (Å²) < 4.78 is 39.5. The largest absolute Gasteiger partial charge is 0.493 e. The molecule has 3 rings (SSSR count). The van der Waals surface area contributed by atoms with Crippen LogP contribution in [-0.4, -0.2) is 25.6 Å². The number of ether oxygens (including phenoxy) is 3. The van der Waals surface area contributed by atoms with E-state index in [0.29, 0.717) is 11.1 Å². The number of carbonyl (C=O) groups excluding carboxylic acids is 1. The van der Waals surface area contributed by atoms with Gasteiger partial charge in [-0.05, 0) is 49.8 Å². The molecule has 1 aliphatic rings. The van der Waals surface area contributed by atoms with Gasteiger partial charge in [0.25, 0.3) is 0 Å². The maximum Gasteiger partial charge on any atom is 0.387 e. The molecule has 0 spiro atoms. The summed E-state index contributed by atoms with van der Waals surface area (Å²) in [5.74, 6) is -0.337. The number of hydrogen-bond donors (Lipinski definition) is 0. The van der Waals surface area contributed by atoms with Crippen molar-refractivity contribution < 1.29 is 27.8 Å². The molecule has 27 heavy (non-hydrogen) atoms. The number of cyclic esters (lactones) is 1. The summed E-state index contributed by atoms with van der Waals surface area (Å²) >= 11 is 0. The highest BCUT2D eigenvalue weighted by Gasteiger charge is 2.24.